The van der Waals surface area contributed by atoms with E-state index in [9.17, 15) is 70.6 Å². The average Bonchev–Trinajstić information content (AvgIpc) is 3.34. The highest BCUT2D eigenvalue weighted by molar-refractivity contribution is 5.90. The fraction of sp³-hybridized carbons (Fsp3) is 0.750. The normalized spacial score (nSPS) is 38.0. The first-order valence-corrected chi connectivity index (χ1v) is 27.1. The number of carboxylic acids is 1. The van der Waals surface area contributed by atoms with E-state index in [0.29, 0.717) is 23.7 Å². The largest absolute Gasteiger partial charge is 0.481 e. The molecule has 2 aliphatic rings. The van der Waals surface area contributed by atoms with Crippen molar-refractivity contribution in [2.45, 2.75) is 224 Å². The molecule has 0 aliphatic carbocycles. The highest BCUT2D eigenvalue weighted by Gasteiger charge is 2.50. The van der Waals surface area contributed by atoms with E-state index in [1.165, 1.54) is 0 Å². The number of hydrogen-bond acceptors (Lipinski definition) is 17. The topological polar surface area (TPSA) is 352 Å². The van der Waals surface area contributed by atoms with Gasteiger partial charge in [0.15, 0.2) is 11.7 Å². The summed E-state index contributed by atoms with van der Waals surface area (Å²) in [6, 6.07) is 0. The average molecular weight is 1080 g/mol. The minimum Gasteiger partial charge on any atom is -0.481 e. The Morgan fingerprint density at radius 1 is 0.816 bits per heavy atom. The number of aliphatic imine (C=N–C) groups is 1. The minimum absolute atomic E-state index is 0.0676. The molecule has 0 amide bonds. The Balaban J connectivity index is 2.45. The summed E-state index contributed by atoms with van der Waals surface area (Å²) in [6.45, 7) is 13.0. The van der Waals surface area contributed by atoms with Crippen molar-refractivity contribution < 1.29 is 84.8 Å². The van der Waals surface area contributed by atoms with E-state index in [1.54, 1.807) is 72.0 Å². The van der Waals surface area contributed by atoms with Gasteiger partial charge in [0.05, 0.1) is 54.9 Å². The van der Waals surface area contributed by atoms with E-state index in [-0.39, 0.29) is 63.2 Å². The van der Waals surface area contributed by atoms with Crippen LogP contribution in [0.2, 0.25) is 0 Å². The number of guanidine groups is 1. The summed E-state index contributed by atoms with van der Waals surface area (Å²) >= 11 is 0. The first kappa shape index (κ1) is 68.0. The Bertz CT molecular complexity index is 1930. The number of nitrogens with one attached hydrogen (secondary N) is 1. The van der Waals surface area contributed by atoms with Gasteiger partial charge in [-0.25, -0.2) is 4.79 Å². The van der Waals surface area contributed by atoms with Crippen LogP contribution in [0.25, 0.3) is 0 Å². The number of carboxylic acid groups (broad SMARTS) is 1. The van der Waals surface area contributed by atoms with E-state index in [4.69, 9.17) is 19.9 Å². The number of rotatable bonds is 12. The van der Waals surface area contributed by atoms with Crippen molar-refractivity contribution in [3.05, 3.63) is 59.8 Å². The van der Waals surface area contributed by atoms with Gasteiger partial charge in [-0.2, -0.15) is 0 Å². The van der Waals surface area contributed by atoms with Crippen LogP contribution >= 0.6 is 0 Å². The van der Waals surface area contributed by atoms with Gasteiger partial charge in [-0.3, -0.25) is 14.6 Å². The maximum absolute atomic E-state index is 13.6. The van der Waals surface area contributed by atoms with E-state index in [0.717, 1.165) is 32.1 Å². The van der Waals surface area contributed by atoms with Crippen molar-refractivity contribution in [2.75, 3.05) is 13.6 Å². The molecule has 18 atom stereocenters. The molecule has 1 fully saturated rings. The predicted molar refractivity (Wildman–Crippen MR) is 287 cm³/mol. The summed E-state index contributed by atoms with van der Waals surface area (Å²) in [5.74, 6) is -7.34. The van der Waals surface area contributed by atoms with Crippen LogP contribution in [0.4, 0.5) is 0 Å². The van der Waals surface area contributed by atoms with Crippen molar-refractivity contribution in [3.8, 4) is 0 Å². The van der Waals surface area contributed by atoms with Crippen molar-refractivity contribution in [1.82, 2.24) is 5.32 Å². The molecule has 0 aromatic rings. The lowest BCUT2D eigenvalue weighted by molar-refractivity contribution is -0.333. The zero-order valence-electron chi connectivity index (χ0n) is 46.1. The monoisotopic (exact) mass is 1080 g/mol. The summed E-state index contributed by atoms with van der Waals surface area (Å²) in [5, 5.41) is 123. The Morgan fingerprint density at radius 2 is 1.43 bits per heavy atom. The number of unbranched alkanes of at least 4 members (excludes halogenated alkanes) is 2. The van der Waals surface area contributed by atoms with Crippen LogP contribution in [0.1, 0.15) is 145 Å². The first-order chi connectivity index (χ1) is 35.7. The molecule has 20 heteroatoms. The third-order valence-corrected chi connectivity index (χ3v) is 14.8. The van der Waals surface area contributed by atoms with Gasteiger partial charge >= 0.3 is 17.9 Å². The maximum atomic E-state index is 13.6. The predicted octanol–water partition coefficient (Wildman–Crippen LogP) is 3.37. The van der Waals surface area contributed by atoms with Gasteiger partial charge in [-0.1, -0.05) is 83.2 Å². The Kier molecular flexibility index (Phi) is 31.1. The van der Waals surface area contributed by atoms with Crippen LogP contribution < -0.4 is 11.1 Å². The second kappa shape index (κ2) is 34.7. The number of cyclic esters (lactones) is 1. The number of hydrogen-bond donors (Lipinski definition) is 13. The fourth-order valence-corrected chi connectivity index (χ4v) is 9.44. The summed E-state index contributed by atoms with van der Waals surface area (Å²) < 4.78 is 17.4. The van der Waals surface area contributed by atoms with Crippen LogP contribution in [0.15, 0.2) is 64.7 Å². The van der Waals surface area contributed by atoms with Crippen LogP contribution in [0, 0.1) is 29.6 Å². The molecule has 0 spiro atoms. The van der Waals surface area contributed by atoms with E-state index < -0.39 is 128 Å². The summed E-state index contributed by atoms with van der Waals surface area (Å²) in [6.07, 6.45) is 1.11. The Morgan fingerprint density at radius 3 is 2.08 bits per heavy atom. The molecule has 436 valence electrons. The van der Waals surface area contributed by atoms with Gasteiger partial charge in [0.1, 0.15) is 24.7 Å². The molecule has 0 saturated carbocycles. The van der Waals surface area contributed by atoms with Gasteiger partial charge in [-0.05, 0) is 82.6 Å². The van der Waals surface area contributed by atoms with Gasteiger partial charge in [0, 0.05) is 75.4 Å². The summed E-state index contributed by atoms with van der Waals surface area (Å²) in [5.41, 5.74) is 6.46. The van der Waals surface area contributed by atoms with Gasteiger partial charge in [0.2, 0.25) is 0 Å². The number of ether oxygens (including phenoxy) is 3. The quantitative estimate of drug-likeness (QED) is 0.0333. The smallest absolute Gasteiger partial charge is 0.334 e. The van der Waals surface area contributed by atoms with Gasteiger partial charge in [0.25, 0.3) is 0 Å². The SMILES string of the molecule is CN=C(N)NCCC/C=C/CCC[C@H](C)[C@H]1OC(=O)/C(C)=C\C=C/[C@H](C)[C@H](O)C[C@H](O)[C@H](C)[C@@H](O)CC[C@@H](C)[C@H](O)C[C@@]2(O)O[C@H](C[C@H](O)C[C@H](OC(=O)CC(=O)O)C[C@@H](O)C[C@H](O)/C(C)=C\C=C/[C@H]1C)C[C@@H](O)[C@@H]2O. The molecule has 0 aromatic heterocycles. The van der Waals surface area contributed by atoms with Crippen LogP contribution in [0.3, 0.4) is 0 Å². The lowest BCUT2D eigenvalue weighted by Crippen LogP contribution is -2.59. The number of aliphatic carboxylic acids is 1. The van der Waals surface area contributed by atoms with Crippen LogP contribution in [-0.2, 0) is 28.6 Å². The number of carbonyl (C=O) groups excluding carboxylic acids is 2. The summed E-state index contributed by atoms with van der Waals surface area (Å²) in [7, 11) is 1.62. The molecular weight excluding hydrogens is 987 g/mol. The lowest BCUT2D eigenvalue weighted by Gasteiger charge is -2.45. The standard InChI is InChI=1S/C56H95N3O17/c1-33-18-15-20-37(5)52(36(4)17-13-11-9-10-12-14-24-59-55(57)58-8)75-54(72)38(6)21-16-19-34(2)46(64)30-47(65)39(7)44(62)23-22-35(3)49(67)32-56(73)53(71)48(66)29-43(76-56)27-40(60)25-42(26-41(61)28-45(33)63)74-51(70)31-50(68)69/h9-10,15-16,18-21,34-37,39-49,52-53,60-67,71,73H,11-14,17,22-32H2,1-8H3,(H,68,69)(H3,57,58,59)/b10-9+,19-16-,20-15-,33-18-,38-21-/t34-,35+,36-,37+,39+,40+,41+,42-,43+,44-,45-,46+,47-,48+,49+,52+,53-,56+/m0/s1. The molecular formula is C56H95N3O17. The van der Waals surface area contributed by atoms with Crippen molar-refractivity contribution >= 4 is 23.9 Å². The number of aliphatic hydroxyl groups is 10. The van der Waals surface area contributed by atoms with E-state index in [1.807, 2.05) is 19.9 Å². The molecule has 20 nitrogen and oxygen atoms in total. The molecule has 2 rings (SSSR count). The van der Waals surface area contributed by atoms with Crippen molar-refractivity contribution in [1.29, 1.82) is 0 Å². The second-order valence-electron chi connectivity index (χ2n) is 21.6. The third kappa shape index (κ3) is 25.2. The van der Waals surface area contributed by atoms with Crippen LogP contribution in [0.5, 0.6) is 0 Å². The molecule has 2 heterocycles. The van der Waals surface area contributed by atoms with E-state index in [2.05, 4.69) is 22.5 Å². The number of allylic oxidation sites excluding steroid dienone is 6. The zero-order valence-corrected chi connectivity index (χ0v) is 46.1. The highest BCUT2D eigenvalue weighted by atomic mass is 16.7. The molecule has 2 bridgehead atoms. The first-order valence-electron chi connectivity index (χ1n) is 27.1. The summed E-state index contributed by atoms with van der Waals surface area (Å²) in [4.78, 5) is 41.4. The fourth-order valence-electron chi connectivity index (χ4n) is 9.44. The van der Waals surface area contributed by atoms with Crippen LogP contribution in [-0.4, -0.2) is 173 Å². The van der Waals surface area contributed by atoms with Crippen molar-refractivity contribution in [2.24, 2.45) is 40.3 Å². The van der Waals surface area contributed by atoms with Crippen molar-refractivity contribution in [3.63, 3.8) is 0 Å². The number of nitrogens with two attached hydrogens (primary N) is 1. The molecule has 14 N–H and O–H groups in total. The number of aliphatic hydroxyl groups excluding tert-OH is 9. The highest BCUT2D eigenvalue weighted by Crippen LogP contribution is 2.36. The number of carbonyl (C=O) groups is 3. The Hall–Kier alpha value is -4.06. The number of esters is 2. The molecule has 0 aromatic carbocycles. The Labute approximate surface area is 450 Å². The maximum Gasteiger partial charge on any atom is 0.334 e. The minimum atomic E-state index is -2.48. The second-order valence-corrected chi connectivity index (χ2v) is 21.6. The molecule has 1 saturated heterocycles. The lowest BCUT2D eigenvalue weighted by atomic mass is 9.84. The molecule has 0 radical (unpaired) electrons. The molecule has 2 aliphatic heterocycles. The van der Waals surface area contributed by atoms with E-state index >= 15 is 0 Å². The number of nitrogens with zero attached hydrogens (tertiary/aromatic N) is 1. The van der Waals surface area contributed by atoms with Gasteiger partial charge in [-0.15, -0.1) is 0 Å². The third-order valence-electron chi connectivity index (χ3n) is 14.8. The zero-order chi connectivity index (χ0) is 57.3. The molecule has 76 heavy (non-hydrogen) atoms. The van der Waals surface area contributed by atoms with Gasteiger partial charge < -0.3 is 81.4 Å². The number of fused-ring (bicyclic) bond motifs is 2. The molecule has 0 unspecified atom stereocenters.